The van der Waals surface area contributed by atoms with Crippen molar-refractivity contribution in [1.29, 1.82) is 0 Å². The predicted octanol–water partition coefficient (Wildman–Crippen LogP) is -0.377. The van der Waals surface area contributed by atoms with Crippen LogP contribution >= 0.6 is 0 Å². The third kappa shape index (κ3) is 4.40. The number of hydrogen-bond acceptors (Lipinski definition) is 5. The molecule has 1 amide bonds. The molecule has 7 heteroatoms. The molecular weight excluding hydrogens is 254 g/mol. The van der Waals surface area contributed by atoms with Crippen LogP contribution < -0.4 is 5.73 Å². The minimum atomic E-state index is -2.64. The van der Waals surface area contributed by atoms with Crippen LogP contribution in [-0.2, 0) is 24.7 Å². The lowest BCUT2D eigenvalue weighted by Gasteiger charge is -2.20. The molecule has 0 radical (unpaired) electrons. The first-order valence-corrected chi connectivity index (χ1v) is 5.12. The van der Waals surface area contributed by atoms with Crippen molar-refractivity contribution in [2.45, 2.75) is 12.5 Å². The number of amides is 1. The summed E-state index contributed by atoms with van der Waals surface area (Å²) < 4.78 is 4.26. The van der Waals surface area contributed by atoms with Gasteiger partial charge < -0.3 is 20.7 Å². The number of esters is 1. The number of aliphatic carboxylic acids is 1. The van der Waals surface area contributed by atoms with Crippen LogP contribution in [0, 0.1) is 0 Å². The molecule has 1 rings (SSSR count). The number of benzene rings is 1. The lowest BCUT2D eigenvalue weighted by molar-refractivity contribution is -0.179. The van der Waals surface area contributed by atoms with Crippen molar-refractivity contribution < 1.29 is 29.3 Å². The van der Waals surface area contributed by atoms with Gasteiger partial charge in [0.1, 0.15) is 0 Å². The van der Waals surface area contributed by atoms with E-state index in [-0.39, 0.29) is 11.5 Å². The average molecular weight is 269 g/mol. The highest BCUT2D eigenvalue weighted by Crippen LogP contribution is 2.22. The van der Waals surface area contributed by atoms with E-state index < -0.39 is 17.5 Å². The molecule has 7 nitrogen and oxygen atoms in total. The van der Waals surface area contributed by atoms with Crippen LogP contribution in [0.1, 0.15) is 12.5 Å². The third-order valence-electron chi connectivity index (χ3n) is 1.98. The second kappa shape index (κ2) is 7.12. The molecule has 0 aromatic heterocycles. The molecule has 0 saturated carbocycles. The fourth-order valence-corrected chi connectivity index (χ4v) is 1.16. The molecule has 1 unspecified atom stereocenters. The summed E-state index contributed by atoms with van der Waals surface area (Å²) in [6.07, 6.45) is 0. The molecular formula is C12H15NO6. The first-order valence-electron chi connectivity index (χ1n) is 5.12. The van der Waals surface area contributed by atoms with E-state index in [1.165, 1.54) is 31.2 Å². The topological polar surface area (TPSA) is 127 Å². The molecule has 1 aromatic rings. The smallest absolute Gasteiger partial charge is 0.354 e. The molecule has 19 heavy (non-hydrogen) atoms. The molecule has 0 heterocycles. The summed E-state index contributed by atoms with van der Waals surface area (Å²) in [7, 11) is 1.01. The van der Waals surface area contributed by atoms with E-state index in [1.54, 1.807) is 6.07 Å². The van der Waals surface area contributed by atoms with Crippen LogP contribution in [0.4, 0.5) is 0 Å². The van der Waals surface area contributed by atoms with Crippen molar-refractivity contribution >= 4 is 17.8 Å². The van der Waals surface area contributed by atoms with Gasteiger partial charge in [-0.15, -0.1) is 0 Å². The van der Waals surface area contributed by atoms with Crippen LogP contribution in [0.5, 0.6) is 0 Å². The number of methoxy groups -OCH3 is 1. The quantitative estimate of drug-likeness (QED) is 0.507. The van der Waals surface area contributed by atoms with Crippen LogP contribution in [0.25, 0.3) is 0 Å². The maximum Gasteiger partial charge on any atom is 0.354 e. The Kier molecular flexibility index (Phi) is 6.22. The van der Waals surface area contributed by atoms with Crippen molar-refractivity contribution in [3.05, 3.63) is 35.9 Å². The first kappa shape index (κ1) is 16.6. The summed E-state index contributed by atoms with van der Waals surface area (Å²) in [6, 6.07) is 7.36. The number of carboxylic acid groups (broad SMARTS) is 1. The van der Waals surface area contributed by atoms with E-state index in [0.717, 1.165) is 7.11 Å². The highest BCUT2D eigenvalue weighted by molar-refractivity contribution is 6.03. The molecule has 0 saturated heterocycles. The SMILES string of the molecule is CC(N)=O.COC(=O)C(O)(C(=O)O)c1ccccc1. The van der Waals surface area contributed by atoms with Gasteiger partial charge >= 0.3 is 11.9 Å². The number of carbonyl (C=O) groups excluding carboxylic acids is 2. The Bertz CT molecular complexity index is 455. The molecule has 0 aliphatic rings. The summed E-state index contributed by atoms with van der Waals surface area (Å²) in [5.41, 5.74) is 1.79. The van der Waals surface area contributed by atoms with Crippen LogP contribution in [-0.4, -0.2) is 35.2 Å². The van der Waals surface area contributed by atoms with Crippen LogP contribution in [0.2, 0.25) is 0 Å². The van der Waals surface area contributed by atoms with Gasteiger partial charge in [-0.3, -0.25) is 4.79 Å². The average Bonchev–Trinajstić information content (AvgIpc) is 2.37. The molecule has 0 fully saturated rings. The van der Waals surface area contributed by atoms with Crippen molar-refractivity contribution in [1.82, 2.24) is 0 Å². The number of hydrogen-bond donors (Lipinski definition) is 3. The van der Waals surface area contributed by atoms with Crippen LogP contribution in [0.15, 0.2) is 30.3 Å². The van der Waals surface area contributed by atoms with E-state index in [2.05, 4.69) is 10.5 Å². The number of carboxylic acids is 1. The number of carbonyl (C=O) groups is 3. The summed E-state index contributed by atoms with van der Waals surface area (Å²) in [5.74, 6) is -3.22. The predicted molar refractivity (Wildman–Crippen MR) is 64.9 cm³/mol. The van der Waals surface area contributed by atoms with Crippen molar-refractivity contribution in [2.24, 2.45) is 5.73 Å². The Balaban J connectivity index is 0.000000711. The largest absolute Gasteiger partial charge is 0.478 e. The van der Waals surface area contributed by atoms with Crippen molar-refractivity contribution in [2.75, 3.05) is 7.11 Å². The number of ether oxygens (including phenoxy) is 1. The number of primary amides is 1. The summed E-state index contributed by atoms with van der Waals surface area (Å²) in [4.78, 5) is 31.3. The number of rotatable bonds is 3. The molecule has 0 aliphatic carbocycles. The van der Waals surface area contributed by atoms with Gasteiger partial charge in [0.15, 0.2) is 0 Å². The maximum absolute atomic E-state index is 11.2. The highest BCUT2D eigenvalue weighted by atomic mass is 16.5. The standard InChI is InChI=1S/C10H10O5.C2H5NO/c1-15-9(13)10(14,8(11)12)7-5-3-2-4-6-7;1-2(3)4/h2-6,14H,1H3,(H,11,12);1H3,(H2,3,4). The monoisotopic (exact) mass is 269 g/mol. The fourth-order valence-electron chi connectivity index (χ4n) is 1.16. The van der Waals surface area contributed by atoms with Gasteiger partial charge in [0.05, 0.1) is 7.11 Å². The van der Waals surface area contributed by atoms with Crippen LogP contribution in [0.3, 0.4) is 0 Å². The zero-order chi connectivity index (χ0) is 15.1. The summed E-state index contributed by atoms with van der Waals surface area (Å²) in [6.45, 7) is 1.31. The zero-order valence-corrected chi connectivity index (χ0v) is 10.5. The Hall–Kier alpha value is -2.41. The minimum Gasteiger partial charge on any atom is -0.478 e. The van der Waals surface area contributed by atoms with E-state index in [4.69, 9.17) is 5.11 Å². The number of aliphatic hydroxyl groups is 1. The van der Waals surface area contributed by atoms with E-state index in [1.807, 2.05) is 0 Å². The highest BCUT2D eigenvalue weighted by Gasteiger charge is 2.47. The lowest BCUT2D eigenvalue weighted by Crippen LogP contribution is -2.44. The second-order valence-corrected chi connectivity index (χ2v) is 3.48. The molecule has 0 aliphatic heterocycles. The molecule has 1 aromatic carbocycles. The van der Waals surface area contributed by atoms with Gasteiger partial charge in [0.25, 0.3) is 5.60 Å². The molecule has 4 N–H and O–H groups in total. The fraction of sp³-hybridized carbons (Fsp3) is 0.250. The van der Waals surface area contributed by atoms with E-state index >= 15 is 0 Å². The van der Waals surface area contributed by atoms with Gasteiger partial charge in [-0.1, -0.05) is 30.3 Å². The van der Waals surface area contributed by atoms with Gasteiger partial charge in [-0.2, -0.15) is 0 Å². The van der Waals surface area contributed by atoms with Crippen molar-refractivity contribution in [3.8, 4) is 0 Å². The maximum atomic E-state index is 11.2. The van der Waals surface area contributed by atoms with Gasteiger partial charge in [0.2, 0.25) is 5.91 Å². The molecule has 1 atom stereocenters. The van der Waals surface area contributed by atoms with Gasteiger partial charge in [-0.25, -0.2) is 9.59 Å². The zero-order valence-electron chi connectivity index (χ0n) is 10.5. The third-order valence-corrected chi connectivity index (χ3v) is 1.98. The Morgan fingerprint density at radius 1 is 1.21 bits per heavy atom. The van der Waals surface area contributed by atoms with Crippen molar-refractivity contribution in [3.63, 3.8) is 0 Å². The van der Waals surface area contributed by atoms with Gasteiger partial charge in [0, 0.05) is 12.5 Å². The van der Waals surface area contributed by atoms with E-state index in [9.17, 15) is 19.5 Å². The Morgan fingerprint density at radius 3 is 1.95 bits per heavy atom. The van der Waals surface area contributed by atoms with E-state index in [0.29, 0.717) is 0 Å². The second-order valence-electron chi connectivity index (χ2n) is 3.48. The normalized spacial score (nSPS) is 12.4. The molecule has 0 bridgehead atoms. The minimum absolute atomic E-state index is 0.0376. The number of nitrogens with two attached hydrogens (primary N) is 1. The lowest BCUT2D eigenvalue weighted by atomic mass is 9.94. The summed E-state index contributed by atoms with van der Waals surface area (Å²) >= 11 is 0. The first-order chi connectivity index (χ1) is 8.76. The molecule has 0 spiro atoms. The molecule has 104 valence electrons. The van der Waals surface area contributed by atoms with Gasteiger partial charge in [-0.05, 0) is 0 Å². The Labute approximate surface area is 109 Å². The summed E-state index contributed by atoms with van der Waals surface area (Å²) in [5, 5.41) is 18.6. The Morgan fingerprint density at radius 2 is 1.63 bits per heavy atom.